The van der Waals surface area contributed by atoms with Gasteiger partial charge in [-0.3, -0.25) is 0 Å². The largest absolute Gasteiger partial charge is 0.634 e. The normalized spacial score (nSPS) is 52.9. The van der Waals surface area contributed by atoms with Crippen molar-refractivity contribution in [2.24, 2.45) is 0 Å². The molecule has 2 aliphatic carbocycles. The van der Waals surface area contributed by atoms with Crippen molar-refractivity contribution < 1.29 is 10.2 Å². The van der Waals surface area contributed by atoms with Crippen molar-refractivity contribution >= 4 is 0 Å². The van der Waals surface area contributed by atoms with Crippen LogP contribution < -0.4 is 10.4 Å². The third kappa shape index (κ3) is 1.78. The summed E-state index contributed by atoms with van der Waals surface area (Å²) in [6.45, 7) is 0. The summed E-state index contributed by atoms with van der Waals surface area (Å²) in [7, 11) is 0. The summed E-state index contributed by atoms with van der Waals surface area (Å²) >= 11 is 0. The molecule has 1 heterocycles. The maximum absolute atomic E-state index is 12.4. The fourth-order valence-corrected chi connectivity index (χ4v) is 3.89. The predicted octanol–water partition coefficient (Wildman–Crippen LogP) is -0.434. The van der Waals surface area contributed by atoms with E-state index in [1.54, 1.807) is 0 Å². The Balaban J connectivity index is 1.75. The summed E-state index contributed by atoms with van der Waals surface area (Å²) < 4.78 is 0. The summed E-state index contributed by atoms with van der Waals surface area (Å²) in [6, 6.07) is 1.15. The monoisotopic (exact) mass is 226 g/mol. The third-order valence-corrected chi connectivity index (χ3v) is 4.75. The first kappa shape index (κ1) is 11.0. The van der Waals surface area contributed by atoms with Gasteiger partial charge in [-0.15, -0.1) is 0 Å². The lowest BCUT2D eigenvalue weighted by molar-refractivity contribution is -0.913. The van der Waals surface area contributed by atoms with E-state index in [1.807, 2.05) is 0 Å². The number of rotatable bonds is 0. The van der Waals surface area contributed by atoms with Gasteiger partial charge < -0.3 is 20.7 Å². The number of quaternary nitrogens is 1. The van der Waals surface area contributed by atoms with Gasteiger partial charge in [-0.2, -0.15) is 0 Å². The molecule has 2 saturated carbocycles. The van der Waals surface area contributed by atoms with Crippen LogP contribution in [-0.2, 0) is 0 Å². The summed E-state index contributed by atoms with van der Waals surface area (Å²) in [4.78, 5) is 0. The molecule has 4 heteroatoms. The summed E-state index contributed by atoms with van der Waals surface area (Å²) in [5.74, 6) is 0. The van der Waals surface area contributed by atoms with E-state index in [1.165, 1.54) is 12.8 Å². The van der Waals surface area contributed by atoms with Crippen molar-refractivity contribution in [2.45, 2.75) is 75.2 Å². The van der Waals surface area contributed by atoms with Gasteiger partial charge in [-0.05, 0) is 25.7 Å². The second kappa shape index (κ2) is 4.26. The number of fused-ring (bicyclic) bond motifs is 2. The Hall–Kier alpha value is -0.160. The lowest BCUT2D eigenvalue weighted by Gasteiger charge is -2.53. The van der Waals surface area contributed by atoms with E-state index in [2.05, 4.69) is 5.32 Å². The molecule has 0 aromatic carbocycles. The average Bonchev–Trinajstić information content (AvgIpc) is 2.29. The Labute approximate surface area is 96.6 Å². The molecule has 6 atom stereocenters. The zero-order chi connectivity index (χ0) is 11.1. The molecule has 3 rings (SSSR count). The van der Waals surface area contributed by atoms with E-state index in [0.717, 1.165) is 32.1 Å². The predicted molar refractivity (Wildman–Crippen MR) is 60.9 cm³/mol. The lowest BCUT2D eigenvalue weighted by atomic mass is 9.80. The molecule has 16 heavy (non-hydrogen) atoms. The minimum Gasteiger partial charge on any atom is -0.634 e. The second-order valence-electron chi connectivity index (χ2n) is 5.75. The Morgan fingerprint density at radius 1 is 1.00 bits per heavy atom. The molecule has 0 spiro atoms. The van der Waals surface area contributed by atoms with Crippen LogP contribution in [0.4, 0.5) is 0 Å². The highest BCUT2D eigenvalue weighted by atomic mass is 16.5. The van der Waals surface area contributed by atoms with Crippen molar-refractivity contribution in [3.63, 3.8) is 0 Å². The molecule has 4 nitrogen and oxygen atoms in total. The van der Waals surface area contributed by atoms with Crippen LogP contribution in [0.5, 0.6) is 0 Å². The Bertz CT molecular complexity index is 259. The van der Waals surface area contributed by atoms with Gasteiger partial charge in [0.1, 0.15) is 12.1 Å². The van der Waals surface area contributed by atoms with Crippen LogP contribution in [0.1, 0.15) is 44.9 Å². The van der Waals surface area contributed by atoms with Gasteiger partial charge in [-0.25, -0.2) is 0 Å². The van der Waals surface area contributed by atoms with Crippen LogP contribution in [0.15, 0.2) is 0 Å². The summed E-state index contributed by atoms with van der Waals surface area (Å²) in [5.41, 5.74) is 0. The van der Waals surface area contributed by atoms with Crippen LogP contribution in [0.25, 0.3) is 0 Å². The van der Waals surface area contributed by atoms with E-state index in [4.69, 9.17) is 0 Å². The molecule has 0 radical (unpaired) electrons. The first-order chi connectivity index (χ1) is 7.75. The van der Waals surface area contributed by atoms with Gasteiger partial charge in [0.15, 0.2) is 0 Å². The van der Waals surface area contributed by atoms with E-state index >= 15 is 0 Å². The Morgan fingerprint density at radius 2 is 1.75 bits per heavy atom. The highest BCUT2D eigenvalue weighted by Crippen LogP contribution is 2.26. The molecule has 0 aromatic rings. The van der Waals surface area contributed by atoms with Crippen molar-refractivity contribution in [2.75, 3.05) is 0 Å². The first-order valence-electron chi connectivity index (χ1n) is 6.73. The SMILES string of the molecule is [O-][NH+]1C2CCCCC2NC2CC(O)CCC21. The quantitative estimate of drug-likeness (QED) is 0.491. The number of aliphatic hydroxyl groups is 1. The van der Waals surface area contributed by atoms with E-state index in [0.29, 0.717) is 11.1 Å². The number of hydroxylamine groups is 2. The maximum atomic E-state index is 12.4. The molecular weight excluding hydrogens is 204 g/mol. The van der Waals surface area contributed by atoms with Crippen LogP contribution in [0, 0.1) is 5.21 Å². The molecular formula is C12H22N2O2. The van der Waals surface area contributed by atoms with Crippen LogP contribution in [0.2, 0.25) is 0 Å². The fourth-order valence-electron chi connectivity index (χ4n) is 3.89. The fraction of sp³-hybridized carbons (Fsp3) is 1.00. The molecule has 0 bridgehead atoms. The second-order valence-corrected chi connectivity index (χ2v) is 5.75. The van der Waals surface area contributed by atoms with Crippen LogP contribution in [-0.4, -0.2) is 35.4 Å². The van der Waals surface area contributed by atoms with Crippen LogP contribution in [0.3, 0.4) is 0 Å². The topological polar surface area (TPSA) is 59.8 Å². The number of hydrogen-bond acceptors (Lipinski definition) is 3. The van der Waals surface area contributed by atoms with E-state index in [-0.39, 0.29) is 24.2 Å². The molecule has 0 amide bonds. The molecule has 3 N–H and O–H groups in total. The van der Waals surface area contributed by atoms with Gasteiger partial charge in [0.2, 0.25) is 0 Å². The Kier molecular flexibility index (Phi) is 2.92. The van der Waals surface area contributed by atoms with Crippen molar-refractivity contribution in [1.29, 1.82) is 0 Å². The molecule has 3 fully saturated rings. The molecule has 6 unspecified atom stereocenters. The van der Waals surface area contributed by atoms with Crippen molar-refractivity contribution in [1.82, 2.24) is 5.32 Å². The zero-order valence-electron chi connectivity index (χ0n) is 9.69. The highest BCUT2D eigenvalue weighted by Gasteiger charge is 2.45. The van der Waals surface area contributed by atoms with Gasteiger partial charge in [-0.1, -0.05) is 6.42 Å². The third-order valence-electron chi connectivity index (χ3n) is 4.75. The molecule has 1 saturated heterocycles. The average molecular weight is 226 g/mol. The molecule has 1 aliphatic heterocycles. The zero-order valence-corrected chi connectivity index (χ0v) is 9.69. The van der Waals surface area contributed by atoms with Crippen molar-refractivity contribution in [3.05, 3.63) is 5.21 Å². The first-order valence-corrected chi connectivity index (χ1v) is 6.73. The van der Waals surface area contributed by atoms with E-state index in [9.17, 15) is 10.3 Å². The van der Waals surface area contributed by atoms with Crippen LogP contribution >= 0.6 is 0 Å². The Morgan fingerprint density at radius 3 is 2.62 bits per heavy atom. The smallest absolute Gasteiger partial charge is 0.103 e. The van der Waals surface area contributed by atoms with Gasteiger partial charge in [0.25, 0.3) is 0 Å². The van der Waals surface area contributed by atoms with Gasteiger partial charge in [0, 0.05) is 12.8 Å². The molecule has 3 aliphatic rings. The summed E-state index contributed by atoms with van der Waals surface area (Å²) in [6.07, 6.45) is 6.99. The number of hydrogen-bond donors (Lipinski definition) is 3. The number of nitrogens with one attached hydrogen (secondary N) is 2. The van der Waals surface area contributed by atoms with E-state index < -0.39 is 0 Å². The van der Waals surface area contributed by atoms with Crippen molar-refractivity contribution in [3.8, 4) is 0 Å². The maximum Gasteiger partial charge on any atom is 0.103 e. The van der Waals surface area contributed by atoms with Gasteiger partial charge >= 0.3 is 0 Å². The molecule has 0 aromatic heterocycles. The van der Waals surface area contributed by atoms with Gasteiger partial charge in [0.05, 0.1) is 18.2 Å². The molecule has 92 valence electrons. The standard InChI is InChI=1S/C12H22N2O2/c15-8-5-6-12-10(7-8)13-9-3-1-2-4-11(9)14(12)16/h8-15H,1-7H2. The summed E-state index contributed by atoms with van der Waals surface area (Å²) in [5, 5.41) is 26.2. The lowest BCUT2D eigenvalue weighted by Crippen LogP contribution is -3.20. The number of aliphatic hydroxyl groups excluding tert-OH is 1. The minimum absolute atomic E-state index is 0.193. The highest BCUT2D eigenvalue weighted by molar-refractivity contribution is 4.95. The number of piperazine rings is 1. The minimum atomic E-state index is -0.193.